The quantitative estimate of drug-likeness (QED) is 0.359. The second-order valence-electron chi connectivity index (χ2n) is 8.55. The Balaban J connectivity index is 1.48. The minimum atomic E-state index is -0.0906. The number of benzene rings is 3. The first-order valence-corrected chi connectivity index (χ1v) is 11.7. The number of aryl methyl sites for hydroxylation is 1. The number of rotatable bonds is 9. The fourth-order valence-electron chi connectivity index (χ4n) is 4.46. The average Bonchev–Trinajstić information content (AvgIpc) is 3.12. The summed E-state index contributed by atoms with van der Waals surface area (Å²) in [5.41, 5.74) is 6.44. The van der Waals surface area contributed by atoms with E-state index in [9.17, 15) is 4.79 Å². The number of ether oxygens (including phenoxy) is 3. The van der Waals surface area contributed by atoms with Crippen LogP contribution >= 0.6 is 0 Å². The zero-order chi connectivity index (χ0) is 24.9. The van der Waals surface area contributed by atoms with Gasteiger partial charge in [-0.1, -0.05) is 30.3 Å². The molecule has 1 N–H and O–H groups in total. The summed E-state index contributed by atoms with van der Waals surface area (Å²) in [6.45, 7) is 5.54. The van der Waals surface area contributed by atoms with Crippen molar-refractivity contribution in [3.63, 3.8) is 0 Å². The molecule has 35 heavy (non-hydrogen) atoms. The number of aromatic nitrogens is 1. The Morgan fingerprint density at radius 3 is 2.17 bits per heavy atom. The smallest absolute Gasteiger partial charge is 0.251 e. The van der Waals surface area contributed by atoms with Crippen LogP contribution < -0.4 is 19.5 Å². The molecule has 6 heteroatoms. The van der Waals surface area contributed by atoms with E-state index >= 15 is 0 Å². The number of hydrogen-bond donors (Lipinski definition) is 1. The van der Waals surface area contributed by atoms with Crippen LogP contribution in [0, 0.1) is 13.8 Å². The first kappa shape index (κ1) is 24.2. The van der Waals surface area contributed by atoms with Gasteiger partial charge in [-0.3, -0.25) is 4.79 Å². The molecule has 0 fully saturated rings. The van der Waals surface area contributed by atoms with Crippen LogP contribution in [-0.4, -0.2) is 38.3 Å². The maximum Gasteiger partial charge on any atom is 0.251 e. The Labute approximate surface area is 206 Å². The lowest BCUT2D eigenvalue weighted by Gasteiger charge is -2.14. The summed E-state index contributed by atoms with van der Waals surface area (Å²) in [6.07, 6.45) is 0.635. The highest BCUT2D eigenvalue weighted by Gasteiger charge is 2.16. The van der Waals surface area contributed by atoms with Crippen molar-refractivity contribution in [2.24, 2.45) is 0 Å². The third kappa shape index (κ3) is 4.97. The average molecular weight is 473 g/mol. The van der Waals surface area contributed by atoms with Crippen LogP contribution in [-0.2, 0) is 13.0 Å². The van der Waals surface area contributed by atoms with Crippen LogP contribution in [0.4, 0.5) is 0 Å². The van der Waals surface area contributed by atoms with Crippen LogP contribution in [0.3, 0.4) is 0 Å². The van der Waals surface area contributed by atoms with E-state index in [1.807, 2.05) is 36.4 Å². The zero-order valence-corrected chi connectivity index (χ0v) is 21.0. The maximum absolute atomic E-state index is 12.9. The molecule has 0 aliphatic rings. The Morgan fingerprint density at radius 2 is 1.54 bits per heavy atom. The maximum atomic E-state index is 12.9. The number of nitrogens with zero attached hydrogens (tertiary/aromatic N) is 1. The number of nitrogens with one attached hydrogen (secondary N) is 1. The van der Waals surface area contributed by atoms with Crippen molar-refractivity contribution >= 4 is 16.8 Å². The molecule has 3 aromatic carbocycles. The topological polar surface area (TPSA) is 61.7 Å². The highest BCUT2D eigenvalue weighted by molar-refractivity contribution is 5.99. The molecular weight excluding hydrogens is 440 g/mol. The van der Waals surface area contributed by atoms with Gasteiger partial charge in [0.25, 0.3) is 5.91 Å². The molecule has 182 valence electrons. The molecule has 0 unspecified atom stereocenters. The van der Waals surface area contributed by atoms with Crippen molar-refractivity contribution in [1.82, 2.24) is 9.88 Å². The lowest BCUT2D eigenvalue weighted by molar-refractivity contribution is 0.0954. The van der Waals surface area contributed by atoms with E-state index < -0.39 is 0 Å². The number of amides is 1. The van der Waals surface area contributed by atoms with Crippen molar-refractivity contribution in [2.75, 3.05) is 27.9 Å². The monoisotopic (exact) mass is 472 g/mol. The van der Waals surface area contributed by atoms with Gasteiger partial charge in [-0.05, 0) is 67.3 Å². The van der Waals surface area contributed by atoms with Gasteiger partial charge < -0.3 is 24.1 Å². The first-order valence-electron chi connectivity index (χ1n) is 11.7. The van der Waals surface area contributed by atoms with Gasteiger partial charge in [0.05, 0.1) is 21.3 Å². The summed E-state index contributed by atoms with van der Waals surface area (Å²) >= 11 is 0. The van der Waals surface area contributed by atoms with E-state index in [0.717, 1.165) is 23.0 Å². The summed E-state index contributed by atoms with van der Waals surface area (Å²) in [5, 5.41) is 4.14. The molecule has 0 radical (unpaired) electrons. The van der Waals surface area contributed by atoms with Crippen molar-refractivity contribution in [3.8, 4) is 17.2 Å². The van der Waals surface area contributed by atoms with Gasteiger partial charge in [0, 0.05) is 35.2 Å². The van der Waals surface area contributed by atoms with Gasteiger partial charge in [-0.25, -0.2) is 0 Å². The van der Waals surface area contributed by atoms with Crippen molar-refractivity contribution < 1.29 is 19.0 Å². The molecule has 6 nitrogen and oxygen atoms in total. The molecule has 0 aliphatic heterocycles. The fraction of sp³-hybridized carbons (Fsp3) is 0.276. The zero-order valence-electron chi connectivity index (χ0n) is 21.0. The van der Waals surface area contributed by atoms with E-state index in [-0.39, 0.29) is 5.91 Å². The highest BCUT2D eigenvalue weighted by atomic mass is 16.5. The molecule has 1 amide bonds. The minimum Gasteiger partial charge on any atom is -0.493 e. The number of methoxy groups -OCH3 is 3. The number of carbonyl (C=O) groups excluding carboxylic acids is 1. The van der Waals surface area contributed by atoms with Crippen LogP contribution in [0.15, 0.2) is 60.7 Å². The van der Waals surface area contributed by atoms with Crippen molar-refractivity contribution in [1.29, 1.82) is 0 Å². The van der Waals surface area contributed by atoms with Gasteiger partial charge in [0.1, 0.15) is 0 Å². The Bertz CT molecular complexity index is 1320. The van der Waals surface area contributed by atoms with Gasteiger partial charge >= 0.3 is 0 Å². The van der Waals surface area contributed by atoms with Crippen LogP contribution in [0.1, 0.15) is 32.7 Å². The minimum absolute atomic E-state index is 0.0906. The molecule has 0 atom stereocenters. The molecule has 0 bridgehead atoms. The van der Waals surface area contributed by atoms with E-state index in [4.69, 9.17) is 14.2 Å². The normalized spacial score (nSPS) is 10.9. The number of hydrogen-bond acceptors (Lipinski definition) is 4. The first-order chi connectivity index (χ1) is 17.0. The van der Waals surface area contributed by atoms with Crippen molar-refractivity contribution in [3.05, 3.63) is 88.6 Å². The van der Waals surface area contributed by atoms with Crippen LogP contribution in [0.2, 0.25) is 0 Å². The largest absolute Gasteiger partial charge is 0.493 e. The Kier molecular flexibility index (Phi) is 7.30. The predicted molar refractivity (Wildman–Crippen MR) is 139 cm³/mol. The molecule has 1 heterocycles. The molecular formula is C29H32N2O4. The Morgan fingerprint density at radius 1 is 0.857 bits per heavy atom. The number of fused-ring (bicyclic) bond motifs is 1. The second-order valence-corrected chi connectivity index (χ2v) is 8.55. The summed E-state index contributed by atoms with van der Waals surface area (Å²) < 4.78 is 18.5. The van der Waals surface area contributed by atoms with Gasteiger partial charge in [-0.15, -0.1) is 0 Å². The molecule has 0 saturated carbocycles. The van der Waals surface area contributed by atoms with Gasteiger partial charge in [0.15, 0.2) is 11.5 Å². The molecule has 1 aromatic heterocycles. The van der Waals surface area contributed by atoms with Crippen LogP contribution in [0.25, 0.3) is 10.9 Å². The highest BCUT2D eigenvalue weighted by Crippen LogP contribution is 2.38. The third-order valence-electron chi connectivity index (χ3n) is 6.51. The van der Waals surface area contributed by atoms with Gasteiger partial charge in [-0.2, -0.15) is 0 Å². The van der Waals surface area contributed by atoms with E-state index in [1.165, 1.54) is 16.8 Å². The van der Waals surface area contributed by atoms with E-state index in [2.05, 4.69) is 48.0 Å². The standard InChI is InChI=1S/C29H32N2O4/c1-19-20(2)31(18-21-9-7-6-8-10-21)25-12-11-23(17-24(19)25)29(32)30-14-13-22-15-26(33-3)28(35-5)27(16-22)34-4/h6-12,15-17H,13-14,18H2,1-5H3,(H,30,32). The Hall–Kier alpha value is -3.93. The SMILES string of the molecule is COc1cc(CCNC(=O)c2ccc3c(c2)c(C)c(C)n3Cc2ccccc2)cc(OC)c1OC. The van der Waals surface area contributed by atoms with E-state index in [0.29, 0.717) is 35.8 Å². The van der Waals surface area contributed by atoms with E-state index in [1.54, 1.807) is 21.3 Å². The lowest BCUT2D eigenvalue weighted by Crippen LogP contribution is -2.25. The van der Waals surface area contributed by atoms with Gasteiger partial charge in [0.2, 0.25) is 5.75 Å². The fourth-order valence-corrected chi connectivity index (χ4v) is 4.46. The molecule has 0 spiro atoms. The third-order valence-corrected chi connectivity index (χ3v) is 6.51. The van der Waals surface area contributed by atoms with Crippen LogP contribution in [0.5, 0.6) is 17.2 Å². The molecule has 4 aromatic rings. The molecule has 4 rings (SSSR count). The van der Waals surface area contributed by atoms with Crippen molar-refractivity contribution in [2.45, 2.75) is 26.8 Å². The number of carbonyl (C=O) groups is 1. The predicted octanol–water partition coefficient (Wildman–Crippen LogP) is 5.30. The summed E-state index contributed by atoms with van der Waals surface area (Å²) in [5.74, 6) is 1.67. The molecule has 0 saturated heterocycles. The second kappa shape index (κ2) is 10.6. The summed E-state index contributed by atoms with van der Waals surface area (Å²) in [6, 6.07) is 20.2. The lowest BCUT2D eigenvalue weighted by atomic mass is 10.1. The summed E-state index contributed by atoms with van der Waals surface area (Å²) in [4.78, 5) is 12.9. The molecule has 0 aliphatic carbocycles. The summed E-state index contributed by atoms with van der Waals surface area (Å²) in [7, 11) is 4.77.